The second-order valence-electron chi connectivity index (χ2n) is 13.8. The Morgan fingerprint density at radius 1 is 1.11 bits per heavy atom. The Morgan fingerprint density at radius 3 is 2.55 bits per heavy atom. The maximum absolute atomic E-state index is 13.8. The van der Waals surface area contributed by atoms with Crippen molar-refractivity contribution < 1.29 is 24.2 Å². The van der Waals surface area contributed by atoms with Crippen molar-refractivity contribution in [2.24, 2.45) is 17.6 Å². The number of hydrogen-bond acceptors (Lipinski definition) is 7. The molecule has 4 atom stereocenters. The van der Waals surface area contributed by atoms with Crippen LogP contribution in [0.3, 0.4) is 0 Å². The SMILES string of the molecule is COc1cc(C(=O)N2[C@H]3CC[C@@H]2[C@H](N)C3)cc2nc(-c3cc4ccc([C@@H](C)NC(=O)N5CC(C(=O)O)C5)nc4n3CC3CC3)c(C)n12. The molecule has 2 bridgehead atoms. The predicted molar refractivity (Wildman–Crippen MR) is 173 cm³/mol. The molecule has 3 amide bonds. The molecule has 7 heterocycles. The van der Waals surface area contributed by atoms with E-state index in [1.807, 2.05) is 47.4 Å². The summed E-state index contributed by atoms with van der Waals surface area (Å²) in [6.07, 6.45) is 5.10. The van der Waals surface area contributed by atoms with Gasteiger partial charge in [0.05, 0.1) is 36.2 Å². The number of carboxylic acid groups (broad SMARTS) is 1. The zero-order chi connectivity index (χ0) is 32.7. The number of aliphatic carboxylic acids is 1. The van der Waals surface area contributed by atoms with E-state index in [4.69, 9.17) is 25.5 Å². The number of imidazole rings is 1. The number of ether oxygens (including phenoxy) is 1. The number of nitrogens with zero attached hydrogens (tertiary/aromatic N) is 6. The van der Waals surface area contributed by atoms with Crippen LogP contribution in [0.4, 0.5) is 4.79 Å². The van der Waals surface area contributed by atoms with E-state index in [1.54, 1.807) is 7.11 Å². The number of rotatable bonds is 8. The maximum Gasteiger partial charge on any atom is 0.317 e. The van der Waals surface area contributed by atoms with E-state index in [1.165, 1.54) is 4.90 Å². The smallest absolute Gasteiger partial charge is 0.317 e. The standard InChI is InChI=1S/C34H40N8O5/c1-17(36-34(46)39-15-22(16-39)33(44)45)25-8-6-20-10-27(40(31(20)37-25)14-19-4-5-19)30-18(2)41-28(38-30)11-21(12-29(41)47-3)32(43)42-23-7-9-26(42)24(35)13-23/h6,8,10-12,17,19,22-24,26H,4-5,7,9,13-16,35H2,1-3H3,(H,36,46)(H,44,45)/t17-,23+,24-,26-/m1/s1. The summed E-state index contributed by atoms with van der Waals surface area (Å²) in [7, 11) is 1.61. The van der Waals surface area contributed by atoms with Crippen molar-refractivity contribution in [2.45, 2.75) is 76.7 Å². The first-order chi connectivity index (χ1) is 22.6. The Hall–Kier alpha value is -4.65. The third-order valence-corrected chi connectivity index (χ3v) is 10.6. The van der Waals surface area contributed by atoms with Gasteiger partial charge < -0.3 is 35.3 Å². The number of carbonyl (C=O) groups excluding carboxylic acids is 2. The molecule has 13 nitrogen and oxygen atoms in total. The first-order valence-corrected chi connectivity index (χ1v) is 16.6. The van der Waals surface area contributed by atoms with Gasteiger partial charge in [-0.2, -0.15) is 0 Å². The predicted octanol–water partition coefficient (Wildman–Crippen LogP) is 3.57. The topological polar surface area (TPSA) is 160 Å². The van der Waals surface area contributed by atoms with Crippen LogP contribution in [0, 0.1) is 18.8 Å². The monoisotopic (exact) mass is 640 g/mol. The van der Waals surface area contributed by atoms with Crippen LogP contribution in [-0.4, -0.2) is 90.1 Å². The molecule has 246 valence electrons. The van der Waals surface area contributed by atoms with Gasteiger partial charge in [-0.1, -0.05) is 0 Å². The summed E-state index contributed by atoms with van der Waals surface area (Å²) in [6, 6.07) is 9.35. The van der Waals surface area contributed by atoms with Gasteiger partial charge in [-0.05, 0) is 76.1 Å². The molecule has 3 saturated heterocycles. The minimum absolute atomic E-state index is 0.0231. The molecule has 0 aromatic carbocycles. The van der Waals surface area contributed by atoms with Crippen molar-refractivity contribution >= 4 is 34.6 Å². The quantitative estimate of drug-likeness (QED) is 0.264. The Bertz CT molecular complexity index is 1940. The number of carboxylic acids is 1. The fourth-order valence-electron chi connectivity index (χ4n) is 7.77. The van der Waals surface area contributed by atoms with Crippen LogP contribution in [0.5, 0.6) is 5.88 Å². The van der Waals surface area contributed by atoms with E-state index < -0.39 is 11.9 Å². The molecule has 3 aliphatic heterocycles. The molecule has 4 fully saturated rings. The zero-order valence-corrected chi connectivity index (χ0v) is 26.8. The number of amides is 3. The summed E-state index contributed by atoms with van der Waals surface area (Å²) >= 11 is 0. The molecule has 13 heteroatoms. The summed E-state index contributed by atoms with van der Waals surface area (Å²) in [5.41, 5.74) is 11.7. The molecule has 8 rings (SSSR count). The Labute approximate surface area is 271 Å². The lowest BCUT2D eigenvalue weighted by atomic mass is 9.97. The minimum Gasteiger partial charge on any atom is -0.482 e. The second-order valence-corrected chi connectivity index (χ2v) is 13.8. The number of pyridine rings is 2. The molecule has 0 spiro atoms. The summed E-state index contributed by atoms with van der Waals surface area (Å²) in [5.74, 6) is -0.314. The molecule has 0 unspecified atom stereocenters. The first kappa shape index (κ1) is 29.7. The van der Waals surface area contributed by atoms with Crippen LogP contribution in [0.1, 0.15) is 66.8 Å². The number of likely N-dealkylation sites (tertiary alicyclic amines) is 1. The van der Waals surface area contributed by atoms with E-state index in [0.29, 0.717) is 23.0 Å². The van der Waals surface area contributed by atoms with Crippen molar-refractivity contribution in [1.82, 2.24) is 34.1 Å². The Balaban J connectivity index is 1.14. The van der Waals surface area contributed by atoms with Crippen LogP contribution in [-0.2, 0) is 11.3 Å². The largest absolute Gasteiger partial charge is 0.482 e. The van der Waals surface area contributed by atoms with Crippen molar-refractivity contribution in [3.05, 3.63) is 47.3 Å². The molecule has 1 saturated carbocycles. The van der Waals surface area contributed by atoms with Crippen LogP contribution in [0.25, 0.3) is 28.1 Å². The lowest BCUT2D eigenvalue weighted by molar-refractivity contribution is -0.146. The summed E-state index contributed by atoms with van der Waals surface area (Å²) < 4.78 is 10.0. The van der Waals surface area contributed by atoms with Gasteiger partial charge >= 0.3 is 12.0 Å². The highest BCUT2D eigenvalue weighted by atomic mass is 16.5. The summed E-state index contributed by atoms with van der Waals surface area (Å²) in [4.78, 5) is 51.3. The number of fused-ring (bicyclic) bond motifs is 4. The fraction of sp³-hybridized carbons (Fsp3) is 0.500. The van der Waals surface area contributed by atoms with Gasteiger partial charge in [0, 0.05) is 54.8 Å². The fourth-order valence-corrected chi connectivity index (χ4v) is 7.77. The van der Waals surface area contributed by atoms with Crippen LogP contribution in [0.2, 0.25) is 0 Å². The van der Waals surface area contributed by atoms with E-state index in [9.17, 15) is 14.4 Å². The normalized spacial score (nSPS) is 23.0. The number of aromatic nitrogens is 4. The summed E-state index contributed by atoms with van der Waals surface area (Å²) in [5, 5.41) is 13.1. The van der Waals surface area contributed by atoms with Crippen LogP contribution >= 0.6 is 0 Å². The van der Waals surface area contributed by atoms with Gasteiger partial charge in [0.1, 0.15) is 17.0 Å². The average Bonchev–Trinajstić information content (AvgIpc) is 3.34. The van der Waals surface area contributed by atoms with E-state index in [0.717, 1.165) is 72.5 Å². The van der Waals surface area contributed by atoms with Gasteiger partial charge in [0.15, 0.2) is 5.88 Å². The average molecular weight is 641 g/mol. The van der Waals surface area contributed by atoms with E-state index in [-0.39, 0.29) is 49.2 Å². The van der Waals surface area contributed by atoms with Crippen LogP contribution < -0.4 is 15.8 Å². The van der Waals surface area contributed by atoms with E-state index in [2.05, 4.69) is 16.0 Å². The first-order valence-electron chi connectivity index (χ1n) is 16.6. The molecule has 0 radical (unpaired) electrons. The number of nitrogens with one attached hydrogen (secondary N) is 1. The molecule has 4 aromatic rings. The van der Waals surface area contributed by atoms with Crippen molar-refractivity contribution in [2.75, 3.05) is 20.2 Å². The van der Waals surface area contributed by atoms with Gasteiger partial charge in [0.25, 0.3) is 5.91 Å². The Morgan fingerprint density at radius 2 is 1.89 bits per heavy atom. The highest BCUT2D eigenvalue weighted by Gasteiger charge is 2.47. The zero-order valence-electron chi connectivity index (χ0n) is 26.8. The third-order valence-electron chi connectivity index (χ3n) is 10.6. The second kappa shape index (κ2) is 11.0. The molecular formula is C34H40N8O5. The van der Waals surface area contributed by atoms with Gasteiger partial charge in [0.2, 0.25) is 0 Å². The van der Waals surface area contributed by atoms with Gasteiger partial charge in [-0.25, -0.2) is 14.8 Å². The molecular weight excluding hydrogens is 600 g/mol. The van der Waals surface area contributed by atoms with Crippen molar-refractivity contribution in [3.8, 4) is 17.3 Å². The number of urea groups is 1. The Kier molecular flexibility index (Phi) is 6.94. The lowest BCUT2D eigenvalue weighted by Gasteiger charge is -2.37. The summed E-state index contributed by atoms with van der Waals surface area (Å²) in [6.45, 7) is 5.11. The number of nitrogens with two attached hydrogens (primary N) is 1. The number of methoxy groups -OCH3 is 1. The van der Waals surface area contributed by atoms with Gasteiger partial charge in [-0.3, -0.25) is 14.0 Å². The maximum atomic E-state index is 13.8. The van der Waals surface area contributed by atoms with Crippen LogP contribution in [0.15, 0.2) is 30.3 Å². The molecule has 4 aromatic heterocycles. The molecule has 47 heavy (non-hydrogen) atoms. The molecule has 4 aliphatic rings. The van der Waals surface area contributed by atoms with Crippen molar-refractivity contribution in [1.29, 1.82) is 0 Å². The number of carbonyl (C=O) groups is 3. The number of aryl methyl sites for hydroxylation is 1. The lowest BCUT2D eigenvalue weighted by Crippen LogP contribution is -2.56. The highest BCUT2D eigenvalue weighted by molar-refractivity contribution is 5.97. The minimum atomic E-state index is -0.881. The highest BCUT2D eigenvalue weighted by Crippen LogP contribution is 2.40. The van der Waals surface area contributed by atoms with Gasteiger partial charge in [-0.15, -0.1) is 0 Å². The number of hydrogen-bond donors (Lipinski definition) is 3. The van der Waals surface area contributed by atoms with E-state index >= 15 is 0 Å². The third kappa shape index (κ3) is 4.90. The molecule has 1 aliphatic carbocycles. The molecule has 4 N–H and O–H groups in total. The van der Waals surface area contributed by atoms with Crippen molar-refractivity contribution in [3.63, 3.8) is 0 Å².